The van der Waals surface area contributed by atoms with Crippen LogP contribution in [0.15, 0.2) is 42.6 Å². The van der Waals surface area contributed by atoms with Crippen molar-refractivity contribution in [3.8, 4) is 0 Å². The summed E-state index contributed by atoms with van der Waals surface area (Å²) in [5.41, 5.74) is 4.76. The number of halogens is 3. The maximum Gasteiger partial charge on any atom is 0.0541 e. The SMILES string of the molecule is Cc1[nH]c2ccc(Cl)cc2c1CCNCc1ccccn1.Cl.Cl. The van der Waals surface area contributed by atoms with Crippen molar-refractivity contribution >= 4 is 47.3 Å². The van der Waals surface area contributed by atoms with Crippen LogP contribution in [0, 0.1) is 6.92 Å². The zero-order valence-electron chi connectivity index (χ0n) is 12.8. The minimum Gasteiger partial charge on any atom is -0.358 e. The number of hydrogen-bond donors (Lipinski definition) is 2. The van der Waals surface area contributed by atoms with Crippen LogP contribution in [0.25, 0.3) is 10.9 Å². The van der Waals surface area contributed by atoms with E-state index in [1.807, 2.05) is 42.6 Å². The topological polar surface area (TPSA) is 40.7 Å². The fourth-order valence-corrected chi connectivity index (χ4v) is 2.78. The molecule has 0 bridgehead atoms. The number of fused-ring (bicyclic) bond motifs is 1. The van der Waals surface area contributed by atoms with Crippen LogP contribution >= 0.6 is 36.4 Å². The quantitative estimate of drug-likeness (QED) is 0.637. The number of pyridine rings is 1. The van der Waals surface area contributed by atoms with E-state index < -0.39 is 0 Å². The maximum absolute atomic E-state index is 6.10. The lowest BCUT2D eigenvalue weighted by Crippen LogP contribution is -2.17. The van der Waals surface area contributed by atoms with E-state index in [-0.39, 0.29) is 24.8 Å². The number of nitrogens with zero attached hydrogens (tertiary/aromatic N) is 1. The van der Waals surface area contributed by atoms with Gasteiger partial charge in [0, 0.05) is 34.4 Å². The lowest BCUT2D eigenvalue weighted by molar-refractivity contribution is 0.675. The van der Waals surface area contributed by atoms with Crippen molar-refractivity contribution in [1.29, 1.82) is 0 Å². The molecule has 3 nitrogen and oxygen atoms in total. The van der Waals surface area contributed by atoms with Gasteiger partial charge in [0.15, 0.2) is 0 Å². The molecule has 0 aliphatic carbocycles. The Morgan fingerprint density at radius 1 is 1.17 bits per heavy atom. The zero-order valence-corrected chi connectivity index (χ0v) is 15.2. The highest BCUT2D eigenvalue weighted by Gasteiger charge is 2.08. The normalized spacial score (nSPS) is 10.2. The van der Waals surface area contributed by atoms with Crippen molar-refractivity contribution in [2.24, 2.45) is 0 Å². The molecule has 0 spiro atoms. The monoisotopic (exact) mass is 371 g/mol. The average molecular weight is 373 g/mol. The fourth-order valence-electron chi connectivity index (χ4n) is 2.61. The number of aromatic nitrogens is 2. The van der Waals surface area contributed by atoms with E-state index in [4.69, 9.17) is 11.6 Å². The van der Waals surface area contributed by atoms with Crippen LogP contribution < -0.4 is 5.32 Å². The van der Waals surface area contributed by atoms with Gasteiger partial charge in [0.25, 0.3) is 0 Å². The molecule has 0 unspecified atom stereocenters. The maximum atomic E-state index is 6.10. The molecular formula is C17H20Cl3N3. The molecule has 3 rings (SSSR count). The summed E-state index contributed by atoms with van der Waals surface area (Å²) in [5, 5.41) is 5.44. The smallest absolute Gasteiger partial charge is 0.0541 e. The first-order valence-corrected chi connectivity index (χ1v) is 7.49. The third kappa shape index (κ3) is 4.85. The molecule has 0 amide bonds. The van der Waals surface area contributed by atoms with Gasteiger partial charge in [-0.1, -0.05) is 17.7 Å². The molecule has 0 radical (unpaired) electrons. The molecule has 0 atom stereocenters. The van der Waals surface area contributed by atoms with Gasteiger partial charge in [0.05, 0.1) is 5.69 Å². The highest BCUT2D eigenvalue weighted by Crippen LogP contribution is 2.25. The molecule has 2 aromatic heterocycles. The van der Waals surface area contributed by atoms with Crippen molar-refractivity contribution in [2.45, 2.75) is 19.9 Å². The second-order valence-corrected chi connectivity index (χ2v) is 5.60. The molecule has 6 heteroatoms. The molecule has 124 valence electrons. The lowest BCUT2D eigenvalue weighted by Gasteiger charge is -2.05. The van der Waals surface area contributed by atoms with Gasteiger partial charge < -0.3 is 10.3 Å². The van der Waals surface area contributed by atoms with Gasteiger partial charge in [-0.3, -0.25) is 4.98 Å². The Morgan fingerprint density at radius 2 is 2.00 bits per heavy atom. The number of aromatic amines is 1. The first kappa shape index (κ1) is 19.8. The lowest BCUT2D eigenvalue weighted by atomic mass is 10.1. The van der Waals surface area contributed by atoms with Crippen molar-refractivity contribution in [3.63, 3.8) is 0 Å². The summed E-state index contributed by atoms with van der Waals surface area (Å²) in [6.45, 7) is 3.82. The van der Waals surface area contributed by atoms with Crippen LogP contribution in [0.2, 0.25) is 5.02 Å². The zero-order chi connectivity index (χ0) is 14.7. The van der Waals surface area contributed by atoms with Crippen molar-refractivity contribution in [1.82, 2.24) is 15.3 Å². The number of nitrogens with one attached hydrogen (secondary N) is 2. The molecule has 0 fully saturated rings. The Bertz CT molecular complexity index is 741. The Hall–Kier alpha value is -1.26. The molecule has 0 saturated heterocycles. The molecule has 1 aromatic carbocycles. The molecule has 0 aliphatic heterocycles. The Balaban J connectivity index is 0.00000132. The Morgan fingerprint density at radius 3 is 2.74 bits per heavy atom. The van der Waals surface area contributed by atoms with Crippen molar-refractivity contribution in [3.05, 3.63) is 64.6 Å². The van der Waals surface area contributed by atoms with E-state index in [1.54, 1.807) is 0 Å². The number of rotatable bonds is 5. The van der Waals surface area contributed by atoms with E-state index in [2.05, 4.69) is 22.2 Å². The molecule has 3 aromatic rings. The average Bonchev–Trinajstić information content (AvgIpc) is 2.80. The van der Waals surface area contributed by atoms with Crippen LogP contribution in [-0.4, -0.2) is 16.5 Å². The third-order valence-corrected chi connectivity index (χ3v) is 3.90. The standard InChI is InChI=1S/C17H18ClN3.2ClH/c1-12-15(16-10-13(18)5-6-17(16)21-12)7-9-19-11-14-4-2-3-8-20-14;;/h2-6,8,10,19,21H,7,9,11H2,1H3;2*1H. The third-order valence-electron chi connectivity index (χ3n) is 3.67. The van der Waals surface area contributed by atoms with Crippen molar-refractivity contribution in [2.75, 3.05) is 6.54 Å². The highest BCUT2D eigenvalue weighted by atomic mass is 35.5. The summed E-state index contributed by atoms with van der Waals surface area (Å²) in [5.74, 6) is 0. The van der Waals surface area contributed by atoms with Crippen LogP contribution in [-0.2, 0) is 13.0 Å². The minimum atomic E-state index is 0. The second-order valence-electron chi connectivity index (χ2n) is 5.17. The van der Waals surface area contributed by atoms with Gasteiger partial charge in [-0.25, -0.2) is 0 Å². The summed E-state index contributed by atoms with van der Waals surface area (Å²) in [6, 6.07) is 12.0. The predicted molar refractivity (Wildman–Crippen MR) is 102 cm³/mol. The molecule has 0 aliphatic rings. The molecule has 0 saturated carbocycles. The number of H-pyrrole nitrogens is 1. The Labute approximate surface area is 153 Å². The van der Waals surface area contributed by atoms with E-state index in [0.29, 0.717) is 0 Å². The summed E-state index contributed by atoms with van der Waals surface area (Å²) in [4.78, 5) is 7.72. The predicted octanol–water partition coefficient (Wildman–Crippen LogP) is 4.70. The van der Waals surface area contributed by atoms with Gasteiger partial charge in [-0.15, -0.1) is 24.8 Å². The summed E-state index contributed by atoms with van der Waals surface area (Å²) in [7, 11) is 0. The van der Waals surface area contributed by atoms with Gasteiger partial charge in [-0.05, 0) is 55.8 Å². The van der Waals surface area contributed by atoms with Gasteiger partial charge in [0.2, 0.25) is 0 Å². The van der Waals surface area contributed by atoms with Crippen LogP contribution in [0.1, 0.15) is 17.0 Å². The van der Waals surface area contributed by atoms with E-state index in [0.717, 1.165) is 35.7 Å². The minimum absolute atomic E-state index is 0. The van der Waals surface area contributed by atoms with Gasteiger partial charge in [0.1, 0.15) is 0 Å². The first-order valence-electron chi connectivity index (χ1n) is 7.11. The van der Waals surface area contributed by atoms with E-state index in [1.165, 1.54) is 16.6 Å². The number of aryl methyl sites for hydroxylation is 1. The fraction of sp³-hybridized carbons (Fsp3) is 0.235. The van der Waals surface area contributed by atoms with Crippen LogP contribution in [0.4, 0.5) is 0 Å². The Kier molecular flexibility index (Phi) is 7.86. The molecule has 2 heterocycles. The highest BCUT2D eigenvalue weighted by molar-refractivity contribution is 6.31. The summed E-state index contributed by atoms with van der Waals surface area (Å²) < 4.78 is 0. The van der Waals surface area contributed by atoms with Crippen LogP contribution in [0.5, 0.6) is 0 Å². The van der Waals surface area contributed by atoms with E-state index in [9.17, 15) is 0 Å². The summed E-state index contributed by atoms with van der Waals surface area (Å²) in [6.07, 6.45) is 2.79. The number of benzene rings is 1. The first-order chi connectivity index (χ1) is 10.2. The summed E-state index contributed by atoms with van der Waals surface area (Å²) >= 11 is 6.10. The van der Waals surface area contributed by atoms with Crippen molar-refractivity contribution < 1.29 is 0 Å². The number of hydrogen-bond acceptors (Lipinski definition) is 2. The van der Waals surface area contributed by atoms with Gasteiger partial charge >= 0.3 is 0 Å². The van der Waals surface area contributed by atoms with Gasteiger partial charge in [-0.2, -0.15) is 0 Å². The molecule has 23 heavy (non-hydrogen) atoms. The second kappa shape index (κ2) is 9.14. The molecule has 2 N–H and O–H groups in total. The molecular weight excluding hydrogens is 353 g/mol. The van der Waals surface area contributed by atoms with Crippen LogP contribution in [0.3, 0.4) is 0 Å². The largest absolute Gasteiger partial charge is 0.358 e. The van der Waals surface area contributed by atoms with E-state index >= 15 is 0 Å².